The van der Waals surface area contributed by atoms with Crippen molar-refractivity contribution in [2.24, 2.45) is 11.1 Å². The summed E-state index contributed by atoms with van der Waals surface area (Å²) in [6.07, 6.45) is 0.393. The maximum absolute atomic E-state index is 10.3. The van der Waals surface area contributed by atoms with Crippen molar-refractivity contribution in [2.75, 3.05) is 6.54 Å². The second-order valence-electron chi connectivity index (χ2n) is 6.03. The van der Waals surface area contributed by atoms with Crippen molar-refractivity contribution in [1.82, 2.24) is 0 Å². The number of hydrogen-bond donors (Lipinski definition) is 2. The van der Waals surface area contributed by atoms with Crippen LogP contribution < -0.4 is 5.73 Å². The number of benzene rings is 1. The van der Waals surface area contributed by atoms with Crippen LogP contribution >= 0.6 is 0 Å². The molecule has 96 valence electrons. The minimum Gasteiger partial charge on any atom is -0.392 e. The van der Waals surface area contributed by atoms with E-state index in [9.17, 15) is 5.11 Å². The van der Waals surface area contributed by atoms with E-state index in [0.717, 1.165) is 6.42 Å². The van der Waals surface area contributed by atoms with Crippen LogP contribution in [0.25, 0.3) is 0 Å². The Morgan fingerprint density at radius 1 is 1.24 bits per heavy atom. The fraction of sp³-hybridized carbons (Fsp3) is 0.600. The third kappa shape index (κ3) is 4.14. The molecule has 1 aromatic carbocycles. The van der Waals surface area contributed by atoms with E-state index in [4.69, 9.17) is 5.73 Å². The average molecular weight is 235 g/mol. The molecule has 0 radical (unpaired) electrons. The van der Waals surface area contributed by atoms with E-state index < -0.39 is 0 Å². The quantitative estimate of drug-likeness (QED) is 0.843. The Kier molecular flexibility index (Phi) is 4.72. The van der Waals surface area contributed by atoms with Gasteiger partial charge in [-0.3, -0.25) is 0 Å². The lowest BCUT2D eigenvalue weighted by Crippen LogP contribution is -2.30. The molecule has 0 saturated heterocycles. The first-order chi connectivity index (χ1) is 7.85. The van der Waals surface area contributed by atoms with Crippen molar-refractivity contribution < 1.29 is 5.11 Å². The van der Waals surface area contributed by atoms with Gasteiger partial charge in [-0.2, -0.15) is 0 Å². The molecule has 0 saturated carbocycles. The van der Waals surface area contributed by atoms with Crippen LogP contribution in [0.1, 0.15) is 44.2 Å². The van der Waals surface area contributed by atoms with Crippen LogP contribution in [0.3, 0.4) is 0 Å². The molecule has 0 aliphatic carbocycles. The zero-order valence-electron chi connectivity index (χ0n) is 11.4. The number of aliphatic hydroxyl groups is 1. The van der Waals surface area contributed by atoms with Gasteiger partial charge in [0.2, 0.25) is 0 Å². The molecule has 0 aromatic heterocycles. The lowest BCUT2D eigenvalue weighted by Gasteiger charge is -2.29. The minimum atomic E-state index is -0.374. The van der Waals surface area contributed by atoms with E-state index in [-0.39, 0.29) is 17.4 Å². The second kappa shape index (κ2) is 5.65. The van der Waals surface area contributed by atoms with Gasteiger partial charge in [-0.25, -0.2) is 0 Å². The standard InChI is InChI=1S/C15H25NO/c1-11-7-5-6-8-12(11)13(10-16)14(17)9-15(2,3)4/h5-8,13-14,17H,9-10,16H2,1-4H3. The number of hydrogen-bond acceptors (Lipinski definition) is 2. The zero-order chi connectivity index (χ0) is 13.1. The first-order valence-corrected chi connectivity index (χ1v) is 6.29. The number of aryl methyl sites for hydroxylation is 1. The molecule has 2 unspecified atom stereocenters. The largest absolute Gasteiger partial charge is 0.392 e. The molecule has 2 heteroatoms. The lowest BCUT2D eigenvalue weighted by molar-refractivity contribution is 0.0970. The first-order valence-electron chi connectivity index (χ1n) is 6.29. The van der Waals surface area contributed by atoms with Gasteiger partial charge in [0.25, 0.3) is 0 Å². The van der Waals surface area contributed by atoms with Crippen LogP contribution in [-0.4, -0.2) is 17.8 Å². The summed E-state index contributed by atoms with van der Waals surface area (Å²) in [5.74, 6) is 0.0374. The molecule has 0 aliphatic heterocycles. The highest BCUT2D eigenvalue weighted by Crippen LogP contribution is 2.30. The van der Waals surface area contributed by atoms with Crippen molar-refractivity contribution >= 4 is 0 Å². The molecule has 0 heterocycles. The SMILES string of the molecule is Cc1ccccc1C(CN)C(O)CC(C)(C)C. The zero-order valence-corrected chi connectivity index (χ0v) is 11.4. The molecule has 0 bridgehead atoms. The molecule has 0 aliphatic rings. The van der Waals surface area contributed by atoms with Crippen LogP contribution in [0, 0.1) is 12.3 Å². The van der Waals surface area contributed by atoms with Gasteiger partial charge in [0.1, 0.15) is 0 Å². The number of nitrogens with two attached hydrogens (primary N) is 1. The summed E-state index contributed by atoms with van der Waals surface area (Å²) in [5, 5.41) is 10.3. The maximum atomic E-state index is 10.3. The third-order valence-electron chi connectivity index (χ3n) is 3.13. The summed E-state index contributed by atoms with van der Waals surface area (Å²) in [5.41, 5.74) is 8.33. The fourth-order valence-corrected chi connectivity index (χ4v) is 2.26. The van der Waals surface area contributed by atoms with Crippen LogP contribution in [0.4, 0.5) is 0 Å². The highest BCUT2D eigenvalue weighted by Gasteiger charge is 2.25. The molecule has 1 aromatic rings. The third-order valence-corrected chi connectivity index (χ3v) is 3.13. The highest BCUT2D eigenvalue weighted by molar-refractivity contribution is 5.30. The van der Waals surface area contributed by atoms with E-state index >= 15 is 0 Å². The van der Waals surface area contributed by atoms with Gasteiger partial charge < -0.3 is 10.8 Å². The summed E-state index contributed by atoms with van der Waals surface area (Å²) < 4.78 is 0. The summed E-state index contributed by atoms with van der Waals surface area (Å²) in [6, 6.07) is 8.16. The van der Waals surface area contributed by atoms with Crippen molar-refractivity contribution in [2.45, 2.75) is 46.1 Å². The Bertz CT molecular complexity index is 354. The minimum absolute atomic E-state index is 0.0374. The predicted molar refractivity (Wildman–Crippen MR) is 73.1 cm³/mol. The molecule has 0 amide bonds. The number of aliphatic hydroxyl groups excluding tert-OH is 1. The average Bonchev–Trinajstić information content (AvgIpc) is 2.19. The Morgan fingerprint density at radius 3 is 2.29 bits per heavy atom. The van der Waals surface area contributed by atoms with Gasteiger partial charge in [-0.1, -0.05) is 45.0 Å². The summed E-state index contributed by atoms with van der Waals surface area (Å²) in [7, 11) is 0. The molecule has 17 heavy (non-hydrogen) atoms. The van der Waals surface area contributed by atoms with Gasteiger partial charge in [0.05, 0.1) is 6.10 Å². The van der Waals surface area contributed by atoms with E-state index in [2.05, 4.69) is 39.8 Å². The Morgan fingerprint density at radius 2 is 1.82 bits per heavy atom. The van der Waals surface area contributed by atoms with E-state index in [0.29, 0.717) is 6.54 Å². The van der Waals surface area contributed by atoms with E-state index in [1.54, 1.807) is 0 Å². The van der Waals surface area contributed by atoms with Gasteiger partial charge in [0.15, 0.2) is 0 Å². The van der Waals surface area contributed by atoms with Crippen LogP contribution in [-0.2, 0) is 0 Å². The monoisotopic (exact) mass is 235 g/mol. The molecule has 2 nitrogen and oxygen atoms in total. The molecule has 3 N–H and O–H groups in total. The van der Waals surface area contributed by atoms with Crippen molar-refractivity contribution in [3.63, 3.8) is 0 Å². The van der Waals surface area contributed by atoms with E-state index in [1.165, 1.54) is 11.1 Å². The molecular formula is C15H25NO. The van der Waals surface area contributed by atoms with Gasteiger partial charge >= 0.3 is 0 Å². The molecule has 2 atom stereocenters. The molecule has 0 fully saturated rings. The first kappa shape index (κ1) is 14.2. The summed E-state index contributed by atoms with van der Waals surface area (Å²) in [4.78, 5) is 0. The second-order valence-corrected chi connectivity index (χ2v) is 6.03. The summed E-state index contributed by atoms with van der Waals surface area (Å²) >= 11 is 0. The highest BCUT2D eigenvalue weighted by atomic mass is 16.3. The normalized spacial score (nSPS) is 15.6. The smallest absolute Gasteiger partial charge is 0.0625 e. The van der Waals surface area contributed by atoms with Crippen LogP contribution in [0.2, 0.25) is 0 Å². The van der Waals surface area contributed by atoms with Crippen LogP contribution in [0.5, 0.6) is 0 Å². The van der Waals surface area contributed by atoms with Gasteiger partial charge in [0, 0.05) is 12.5 Å². The Balaban J connectivity index is 2.89. The number of rotatable bonds is 4. The fourth-order valence-electron chi connectivity index (χ4n) is 2.26. The van der Waals surface area contributed by atoms with Gasteiger partial charge in [-0.15, -0.1) is 0 Å². The Labute approximate surface area is 105 Å². The van der Waals surface area contributed by atoms with Crippen LogP contribution in [0.15, 0.2) is 24.3 Å². The molecule has 0 spiro atoms. The lowest BCUT2D eigenvalue weighted by atomic mass is 9.81. The van der Waals surface area contributed by atoms with Crippen molar-refractivity contribution in [3.05, 3.63) is 35.4 Å². The van der Waals surface area contributed by atoms with Crippen molar-refractivity contribution in [1.29, 1.82) is 0 Å². The van der Waals surface area contributed by atoms with E-state index in [1.807, 2.05) is 12.1 Å². The maximum Gasteiger partial charge on any atom is 0.0625 e. The van der Waals surface area contributed by atoms with Crippen molar-refractivity contribution in [3.8, 4) is 0 Å². The predicted octanol–water partition coefficient (Wildman–Crippen LogP) is 2.83. The Hall–Kier alpha value is -0.860. The molecular weight excluding hydrogens is 210 g/mol. The topological polar surface area (TPSA) is 46.2 Å². The molecule has 1 rings (SSSR count). The van der Waals surface area contributed by atoms with Gasteiger partial charge in [-0.05, 0) is 29.9 Å². The summed E-state index contributed by atoms with van der Waals surface area (Å²) in [6.45, 7) is 8.98.